The van der Waals surface area contributed by atoms with Gasteiger partial charge in [0.1, 0.15) is 5.60 Å². The van der Waals surface area contributed by atoms with Gasteiger partial charge in [0.05, 0.1) is 23.8 Å². The van der Waals surface area contributed by atoms with E-state index in [9.17, 15) is 14.7 Å². The predicted molar refractivity (Wildman–Crippen MR) is 81.0 cm³/mol. The van der Waals surface area contributed by atoms with Crippen molar-refractivity contribution in [1.29, 1.82) is 0 Å². The first-order valence-corrected chi connectivity index (χ1v) is 6.66. The number of hydrogen-bond donors (Lipinski definition) is 2. The zero-order valence-electron chi connectivity index (χ0n) is 12.5. The fourth-order valence-corrected chi connectivity index (χ4v) is 1.85. The van der Waals surface area contributed by atoms with Crippen molar-refractivity contribution in [1.82, 2.24) is 0 Å². The molecule has 2 aromatic rings. The van der Waals surface area contributed by atoms with Crippen LogP contribution < -0.4 is 5.32 Å². The monoisotopic (exact) mass is 303 g/mol. The summed E-state index contributed by atoms with van der Waals surface area (Å²) in [7, 11) is 0. The number of nitrogens with one attached hydrogen (secondary N) is 1. The first-order valence-electron chi connectivity index (χ1n) is 6.66. The Labute approximate surface area is 127 Å². The second-order valence-corrected chi connectivity index (χ2v) is 5.70. The Morgan fingerprint density at radius 1 is 1.18 bits per heavy atom. The number of furan rings is 1. The lowest BCUT2D eigenvalue weighted by Gasteiger charge is -2.20. The van der Waals surface area contributed by atoms with Crippen LogP contribution in [-0.4, -0.2) is 22.8 Å². The highest BCUT2D eigenvalue weighted by atomic mass is 16.6. The second-order valence-electron chi connectivity index (χ2n) is 5.70. The van der Waals surface area contributed by atoms with E-state index in [1.165, 1.54) is 24.7 Å². The highest BCUT2D eigenvalue weighted by Gasteiger charge is 2.19. The maximum Gasteiger partial charge on any atom is 0.412 e. The minimum atomic E-state index is -1.14. The van der Waals surface area contributed by atoms with Crippen LogP contribution in [0.5, 0.6) is 0 Å². The molecule has 1 aromatic carbocycles. The molecule has 1 amide bonds. The molecule has 0 unspecified atom stereocenters. The van der Waals surface area contributed by atoms with Gasteiger partial charge in [0, 0.05) is 5.56 Å². The number of aromatic carboxylic acids is 1. The maximum absolute atomic E-state index is 11.8. The first-order chi connectivity index (χ1) is 10.3. The summed E-state index contributed by atoms with van der Waals surface area (Å²) in [6.07, 6.45) is 2.32. The summed E-state index contributed by atoms with van der Waals surface area (Å²) in [5.41, 5.74) is 0.926. The summed E-state index contributed by atoms with van der Waals surface area (Å²) in [6.45, 7) is 5.19. The molecule has 22 heavy (non-hydrogen) atoms. The van der Waals surface area contributed by atoms with Gasteiger partial charge in [0.25, 0.3) is 0 Å². The summed E-state index contributed by atoms with van der Waals surface area (Å²) in [4.78, 5) is 23.2. The molecule has 0 spiro atoms. The fourth-order valence-electron chi connectivity index (χ4n) is 1.85. The Morgan fingerprint density at radius 2 is 1.91 bits per heavy atom. The number of ether oxygens (including phenoxy) is 1. The Kier molecular flexibility index (Phi) is 4.21. The zero-order chi connectivity index (χ0) is 16.3. The number of benzene rings is 1. The Hall–Kier alpha value is -2.76. The quantitative estimate of drug-likeness (QED) is 0.894. The number of rotatable bonds is 3. The molecule has 0 aliphatic rings. The molecule has 0 saturated heterocycles. The third-order valence-corrected chi connectivity index (χ3v) is 2.74. The van der Waals surface area contributed by atoms with E-state index in [-0.39, 0.29) is 11.3 Å². The van der Waals surface area contributed by atoms with Gasteiger partial charge in [0.2, 0.25) is 0 Å². The lowest BCUT2D eigenvalue weighted by molar-refractivity contribution is 0.0636. The smallest absolute Gasteiger partial charge is 0.412 e. The Bertz CT molecular complexity index is 683. The number of carboxylic acids is 1. The number of anilines is 1. The van der Waals surface area contributed by atoms with Crippen molar-refractivity contribution < 1.29 is 23.8 Å². The predicted octanol–water partition coefficient (Wildman–Crippen LogP) is 3.99. The normalized spacial score (nSPS) is 11.0. The molecule has 0 aliphatic carbocycles. The number of carbonyl (C=O) groups excluding carboxylic acids is 1. The molecular weight excluding hydrogens is 286 g/mol. The van der Waals surface area contributed by atoms with E-state index in [0.29, 0.717) is 5.56 Å². The van der Waals surface area contributed by atoms with Crippen LogP contribution in [-0.2, 0) is 4.74 Å². The van der Waals surface area contributed by atoms with Crippen molar-refractivity contribution >= 4 is 17.7 Å². The third kappa shape index (κ3) is 3.88. The number of hydrogen-bond acceptors (Lipinski definition) is 4. The molecule has 2 rings (SSSR count). The molecule has 0 atom stereocenters. The Balaban J connectivity index is 2.28. The van der Waals surface area contributed by atoms with E-state index in [1.807, 2.05) is 0 Å². The minimum absolute atomic E-state index is 0.0236. The third-order valence-electron chi connectivity index (χ3n) is 2.74. The Morgan fingerprint density at radius 3 is 2.45 bits per heavy atom. The van der Waals surface area contributed by atoms with Gasteiger partial charge in [-0.25, -0.2) is 9.59 Å². The SMILES string of the molecule is CC(C)(C)OC(=O)Nc1ccc(-c2ccoc2)cc1C(=O)O. The van der Waals surface area contributed by atoms with E-state index in [4.69, 9.17) is 9.15 Å². The van der Waals surface area contributed by atoms with E-state index in [0.717, 1.165) is 5.56 Å². The van der Waals surface area contributed by atoms with Gasteiger partial charge >= 0.3 is 12.1 Å². The summed E-state index contributed by atoms with van der Waals surface area (Å²) in [5, 5.41) is 11.8. The van der Waals surface area contributed by atoms with Crippen LogP contribution in [0.25, 0.3) is 11.1 Å². The molecule has 0 saturated carbocycles. The first kappa shape index (κ1) is 15.6. The maximum atomic E-state index is 11.8. The van der Waals surface area contributed by atoms with E-state index in [1.54, 1.807) is 32.9 Å². The molecule has 6 nitrogen and oxygen atoms in total. The van der Waals surface area contributed by atoms with E-state index in [2.05, 4.69) is 5.32 Å². The summed E-state index contributed by atoms with van der Waals surface area (Å²) in [5.74, 6) is -1.14. The number of amides is 1. The molecule has 6 heteroatoms. The van der Waals surface area contributed by atoms with Crippen LogP contribution in [0.2, 0.25) is 0 Å². The van der Waals surface area contributed by atoms with E-state index >= 15 is 0 Å². The minimum Gasteiger partial charge on any atom is -0.478 e. The highest BCUT2D eigenvalue weighted by Crippen LogP contribution is 2.26. The molecule has 1 heterocycles. The van der Waals surface area contributed by atoms with Gasteiger partial charge in [-0.3, -0.25) is 5.32 Å². The van der Waals surface area contributed by atoms with Crippen LogP contribution in [0.4, 0.5) is 10.5 Å². The van der Waals surface area contributed by atoms with Crippen molar-refractivity contribution in [3.63, 3.8) is 0 Å². The summed E-state index contributed by atoms with van der Waals surface area (Å²) >= 11 is 0. The zero-order valence-corrected chi connectivity index (χ0v) is 12.5. The van der Waals surface area contributed by atoms with Gasteiger partial charge in [-0.05, 0) is 44.5 Å². The van der Waals surface area contributed by atoms with Crippen LogP contribution in [0.15, 0.2) is 41.2 Å². The summed E-state index contributed by atoms with van der Waals surface area (Å²) < 4.78 is 10.1. The van der Waals surface area contributed by atoms with Crippen molar-refractivity contribution in [3.8, 4) is 11.1 Å². The van der Waals surface area contributed by atoms with Gasteiger partial charge in [-0.1, -0.05) is 6.07 Å². The van der Waals surface area contributed by atoms with Gasteiger partial charge in [-0.15, -0.1) is 0 Å². The molecule has 2 N–H and O–H groups in total. The molecule has 1 aromatic heterocycles. The molecular formula is C16H17NO5. The topological polar surface area (TPSA) is 88.8 Å². The van der Waals surface area contributed by atoms with Crippen molar-refractivity contribution in [2.24, 2.45) is 0 Å². The van der Waals surface area contributed by atoms with Gasteiger partial charge in [-0.2, -0.15) is 0 Å². The largest absolute Gasteiger partial charge is 0.478 e. The van der Waals surface area contributed by atoms with E-state index < -0.39 is 17.7 Å². The molecule has 0 fully saturated rings. The molecule has 116 valence electrons. The second kappa shape index (κ2) is 5.93. The average Bonchev–Trinajstić information content (AvgIpc) is 2.90. The molecule has 0 bridgehead atoms. The summed E-state index contributed by atoms with van der Waals surface area (Å²) in [6, 6.07) is 6.42. The van der Waals surface area contributed by atoms with Crippen LogP contribution >= 0.6 is 0 Å². The fraction of sp³-hybridized carbons (Fsp3) is 0.250. The van der Waals surface area contributed by atoms with Crippen LogP contribution in [0.3, 0.4) is 0 Å². The molecule has 0 aliphatic heterocycles. The lowest BCUT2D eigenvalue weighted by atomic mass is 10.0. The number of carboxylic acid groups (broad SMARTS) is 1. The highest BCUT2D eigenvalue weighted by molar-refractivity contribution is 6.00. The van der Waals surface area contributed by atoms with Crippen molar-refractivity contribution in [2.45, 2.75) is 26.4 Å². The van der Waals surface area contributed by atoms with Crippen LogP contribution in [0.1, 0.15) is 31.1 Å². The van der Waals surface area contributed by atoms with Crippen molar-refractivity contribution in [3.05, 3.63) is 42.4 Å². The molecule has 0 radical (unpaired) electrons. The standard InChI is InChI=1S/C16H17NO5/c1-16(2,3)22-15(20)17-13-5-4-10(8-12(13)14(18)19)11-6-7-21-9-11/h4-9H,1-3H3,(H,17,20)(H,18,19). The van der Waals surface area contributed by atoms with Gasteiger partial charge in [0.15, 0.2) is 0 Å². The van der Waals surface area contributed by atoms with Crippen LogP contribution in [0, 0.1) is 0 Å². The number of carbonyl (C=O) groups is 2. The van der Waals surface area contributed by atoms with Crippen molar-refractivity contribution in [2.75, 3.05) is 5.32 Å². The van der Waals surface area contributed by atoms with Gasteiger partial charge < -0.3 is 14.3 Å². The lowest BCUT2D eigenvalue weighted by Crippen LogP contribution is -2.27. The average molecular weight is 303 g/mol.